The van der Waals surface area contributed by atoms with Gasteiger partial charge in [0.15, 0.2) is 0 Å². The number of aryl methyl sites for hydroxylation is 1. The Morgan fingerprint density at radius 3 is 2.57 bits per heavy atom. The van der Waals surface area contributed by atoms with Gasteiger partial charge in [0.1, 0.15) is 11.3 Å². The van der Waals surface area contributed by atoms with Crippen LogP contribution in [0.15, 0.2) is 36.4 Å². The zero-order valence-corrected chi connectivity index (χ0v) is 11.0. The number of aromatic nitrogens is 1. The van der Waals surface area contributed by atoms with Gasteiger partial charge in [-0.1, -0.05) is 12.1 Å². The molecule has 0 saturated carbocycles. The first-order chi connectivity index (χ1) is 10.0. The second kappa shape index (κ2) is 4.52. The summed E-state index contributed by atoms with van der Waals surface area (Å²) in [5.74, 6) is -0.843. The zero-order valence-electron chi connectivity index (χ0n) is 11.0. The maximum Gasteiger partial charge on any atom is 0.281 e. The number of aliphatic hydroxyl groups is 1. The third kappa shape index (κ3) is 1.88. The van der Waals surface area contributed by atoms with Gasteiger partial charge in [0.2, 0.25) is 5.78 Å². The number of Topliss-reactive ketones (excluding diaryl/α,β-unsaturated/α-hetero) is 1. The lowest BCUT2D eigenvalue weighted by Gasteiger charge is -2.02. The largest absolute Gasteiger partial charge is 0.506 e. The van der Waals surface area contributed by atoms with Crippen LogP contribution < -0.4 is 0 Å². The van der Waals surface area contributed by atoms with Gasteiger partial charge in [0.05, 0.1) is 16.2 Å². The third-order valence-electron chi connectivity index (χ3n) is 3.33. The summed E-state index contributed by atoms with van der Waals surface area (Å²) in [5, 5.41) is 21.3. The van der Waals surface area contributed by atoms with Crippen LogP contribution >= 0.6 is 0 Å². The van der Waals surface area contributed by atoms with Gasteiger partial charge in [-0.15, -0.1) is 0 Å². The molecule has 1 N–H and O–H groups in total. The Balaban J connectivity index is 2.23. The minimum atomic E-state index is -0.628. The fourth-order valence-electron chi connectivity index (χ4n) is 2.42. The van der Waals surface area contributed by atoms with Gasteiger partial charge in [-0.25, -0.2) is 0 Å². The average Bonchev–Trinajstić information content (AvgIpc) is 2.71. The molecule has 0 radical (unpaired) electrons. The first-order valence-electron chi connectivity index (χ1n) is 6.20. The van der Waals surface area contributed by atoms with Crippen molar-refractivity contribution < 1.29 is 14.8 Å². The summed E-state index contributed by atoms with van der Waals surface area (Å²) in [6.07, 6.45) is 0. The molecule has 6 nitrogen and oxygen atoms in total. The molecular formula is C15H10N2O4. The molecule has 0 amide bonds. The number of pyridine rings is 1. The van der Waals surface area contributed by atoms with E-state index in [-0.39, 0.29) is 28.1 Å². The molecule has 0 aliphatic heterocycles. The number of nitro benzene ring substituents is 1. The molecule has 1 aromatic carbocycles. The number of hydrogen-bond acceptors (Lipinski definition) is 5. The van der Waals surface area contributed by atoms with Crippen LogP contribution in [0.2, 0.25) is 0 Å². The third-order valence-corrected chi connectivity index (χ3v) is 3.33. The lowest BCUT2D eigenvalue weighted by atomic mass is 10.0. The van der Waals surface area contributed by atoms with Gasteiger partial charge in [-0.3, -0.25) is 19.9 Å². The van der Waals surface area contributed by atoms with E-state index < -0.39 is 10.7 Å². The van der Waals surface area contributed by atoms with Crippen LogP contribution in [-0.4, -0.2) is 20.8 Å². The summed E-state index contributed by atoms with van der Waals surface area (Å²) >= 11 is 0. The van der Waals surface area contributed by atoms with E-state index in [0.717, 1.165) is 0 Å². The first-order valence-corrected chi connectivity index (χ1v) is 6.20. The van der Waals surface area contributed by atoms with Crippen molar-refractivity contribution in [1.82, 2.24) is 4.98 Å². The Kier molecular flexibility index (Phi) is 2.79. The normalized spacial score (nSPS) is 13.5. The Morgan fingerprint density at radius 1 is 1.19 bits per heavy atom. The molecule has 1 aliphatic carbocycles. The summed E-state index contributed by atoms with van der Waals surface area (Å²) in [6, 6.07) is 9.23. The van der Waals surface area contributed by atoms with Crippen LogP contribution in [0, 0.1) is 17.0 Å². The Morgan fingerprint density at radius 2 is 1.90 bits per heavy atom. The summed E-state index contributed by atoms with van der Waals surface area (Å²) in [5.41, 5.74) is 0.773. The highest BCUT2D eigenvalue weighted by Crippen LogP contribution is 2.40. The molecule has 21 heavy (non-hydrogen) atoms. The Bertz CT molecular complexity index is 824. The molecule has 0 unspecified atom stereocenters. The predicted molar refractivity (Wildman–Crippen MR) is 75.8 cm³/mol. The van der Waals surface area contributed by atoms with Gasteiger partial charge in [0, 0.05) is 17.3 Å². The molecule has 1 aliphatic rings. The molecule has 104 valence electrons. The van der Waals surface area contributed by atoms with E-state index in [1.54, 1.807) is 25.1 Å². The van der Waals surface area contributed by atoms with Crippen molar-refractivity contribution >= 4 is 22.8 Å². The van der Waals surface area contributed by atoms with E-state index in [1.807, 2.05) is 0 Å². The van der Waals surface area contributed by atoms with Crippen molar-refractivity contribution in [3.8, 4) is 0 Å². The maximum absolute atomic E-state index is 12.5. The highest BCUT2D eigenvalue weighted by atomic mass is 16.6. The number of carbonyl (C=O) groups excluding carboxylic acids is 1. The SMILES string of the molecule is Cc1cccc(C2=C(O)c3cccc([N+](=O)[O-])c3C2=O)n1. The fraction of sp³-hybridized carbons (Fsp3) is 0.0667. The van der Waals surface area contributed by atoms with Crippen LogP contribution in [0.1, 0.15) is 27.3 Å². The number of benzene rings is 1. The number of hydrogen-bond donors (Lipinski definition) is 1. The Labute approximate surface area is 119 Å². The molecule has 0 bridgehead atoms. The topological polar surface area (TPSA) is 93.3 Å². The fourth-order valence-corrected chi connectivity index (χ4v) is 2.42. The Hall–Kier alpha value is -3.02. The van der Waals surface area contributed by atoms with Gasteiger partial charge < -0.3 is 5.11 Å². The maximum atomic E-state index is 12.5. The summed E-state index contributed by atoms with van der Waals surface area (Å²) < 4.78 is 0. The number of allylic oxidation sites excluding steroid dienone is 1. The lowest BCUT2D eigenvalue weighted by Crippen LogP contribution is -2.04. The zero-order chi connectivity index (χ0) is 15.1. The molecule has 0 saturated heterocycles. The summed E-state index contributed by atoms with van der Waals surface area (Å²) in [7, 11) is 0. The molecular weight excluding hydrogens is 272 g/mol. The van der Waals surface area contributed by atoms with E-state index in [9.17, 15) is 20.0 Å². The minimum absolute atomic E-state index is 0.00278. The predicted octanol–water partition coefficient (Wildman–Crippen LogP) is 2.92. The first kappa shape index (κ1) is 13.0. The standard InChI is InChI=1S/C15H10N2O4/c1-8-4-2-6-10(16-8)13-14(18)9-5-3-7-11(17(20)21)12(9)15(13)19/h2-7,18H,1H3. The van der Waals surface area contributed by atoms with E-state index in [0.29, 0.717) is 11.4 Å². The second-order valence-electron chi connectivity index (χ2n) is 4.67. The monoisotopic (exact) mass is 282 g/mol. The van der Waals surface area contributed by atoms with Crippen LogP contribution in [-0.2, 0) is 0 Å². The quantitative estimate of drug-likeness (QED) is 0.675. The highest BCUT2D eigenvalue weighted by molar-refractivity contribution is 6.39. The van der Waals surface area contributed by atoms with Crippen LogP contribution in [0.5, 0.6) is 0 Å². The van der Waals surface area contributed by atoms with E-state index in [1.165, 1.54) is 18.2 Å². The van der Waals surface area contributed by atoms with E-state index in [2.05, 4.69) is 4.98 Å². The van der Waals surface area contributed by atoms with Crippen molar-refractivity contribution in [3.63, 3.8) is 0 Å². The van der Waals surface area contributed by atoms with Crippen molar-refractivity contribution in [2.75, 3.05) is 0 Å². The molecule has 1 heterocycles. The van der Waals surface area contributed by atoms with Crippen LogP contribution in [0.25, 0.3) is 11.3 Å². The molecule has 3 rings (SSSR count). The number of nitrogens with zero attached hydrogens (tertiary/aromatic N) is 2. The number of fused-ring (bicyclic) bond motifs is 1. The van der Waals surface area contributed by atoms with Crippen molar-refractivity contribution in [2.45, 2.75) is 6.92 Å². The van der Waals surface area contributed by atoms with Gasteiger partial charge in [-0.05, 0) is 25.1 Å². The van der Waals surface area contributed by atoms with Crippen molar-refractivity contribution in [2.24, 2.45) is 0 Å². The molecule has 1 aromatic heterocycles. The number of nitro groups is 1. The van der Waals surface area contributed by atoms with Crippen molar-refractivity contribution in [1.29, 1.82) is 0 Å². The highest BCUT2D eigenvalue weighted by Gasteiger charge is 2.37. The minimum Gasteiger partial charge on any atom is -0.506 e. The molecule has 0 atom stereocenters. The number of rotatable bonds is 2. The summed E-state index contributed by atoms with van der Waals surface area (Å²) in [4.78, 5) is 27.1. The lowest BCUT2D eigenvalue weighted by molar-refractivity contribution is -0.385. The summed E-state index contributed by atoms with van der Waals surface area (Å²) in [6.45, 7) is 1.76. The second-order valence-corrected chi connectivity index (χ2v) is 4.67. The van der Waals surface area contributed by atoms with Gasteiger partial charge >= 0.3 is 0 Å². The molecule has 6 heteroatoms. The van der Waals surface area contributed by atoms with Crippen molar-refractivity contribution in [3.05, 3.63) is 69.0 Å². The smallest absolute Gasteiger partial charge is 0.281 e. The number of ketones is 1. The molecule has 0 fully saturated rings. The molecule has 0 spiro atoms. The van der Waals surface area contributed by atoms with E-state index >= 15 is 0 Å². The molecule has 2 aromatic rings. The van der Waals surface area contributed by atoms with Gasteiger partial charge in [-0.2, -0.15) is 0 Å². The average molecular weight is 282 g/mol. The number of carbonyl (C=O) groups is 1. The number of aliphatic hydroxyl groups excluding tert-OH is 1. The van der Waals surface area contributed by atoms with E-state index in [4.69, 9.17) is 0 Å². The van der Waals surface area contributed by atoms with Crippen LogP contribution in [0.3, 0.4) is 0 Å². The van der Waals surface area contributed by atoms with Crippen LogP contribution in [0.4, 0.5) is 5.69 Å². The van der Waals surface area contributed by atoms with Gasteiger partial charge in [0.25, 0.3) is 5.69 Å².